The summed E-state index contributed by atoms with van der Waals surface area (Å²) in [6.07, 6.45) is -0.720. The van der Waals surface area contributed by atoms with Crippen LogP contribution in [0, 0.1) is 18.8 Å². The Bertz CT molecular complexity index is 1520. The topological polar surface area (TPSA) is 102 Å². The zero-order valence-electron chi connectivity index (χ0n) is 20.8. The SMILES string of the molecule is Cc1noc(-c2ccc(C#CCc3cccc(CC(=O)O)c3)cc2)c1NC(=O)OC(C)c1ccccc1Cl. The second-order valence-corrected chi connectivity index (χ2v) is 9.02. The van der Waals surface area contributed by atoms with Gasteiger partial charge in [-0.25, -0.2) is 4.79 Å². The fourth-order valence-corrected chi connectivity index (χ4v) is 4.14. The molecular weight excluding hydrogens is 504 g/mol. The lowest BCUT2D eigenvalue weighted by Gasteiger charge is -2.15. The third-order valence-electron chi connectivity index (χ3n) is 5.74. The van der Waals surface area contributed by atoms with Crippen molar-refractivity contribution >= 4 is 29.4 Å². The normalized spacial score (nSPS) is 11.2. The summed E-state index contributed by atoms with van der Waals surface area (Å²) in [6.45, 7) is 3.47. The van der Waals surface area contributed by atoms with Gasteiger partial charge < -0.3 is 14.4 Å². The number of benzene rings is 3. The van der Waals surface area contributed by atoms with Crippen LogP contribution in [-0.2, 0) is 22.4 Å². The molecule has 192 valence electrons. The molecule has 0 fully saturated rings. The fourth-order valence-electron chi connectivity index (χ4n) is 3.85. The number of nitrogens with one attached hydrogen (secondary N) is 1. The Balaban J connectivity index is 1.42. The number of amides is 1. The molecule has 1 atom stereocenters. The van der Waals surface area contributed by atoms with E-state index in [4.69, 9.17) is 26.0 Å². The van der Waals surface area contributed by atoms with E-state index in [-0.39, 0.29) is 6.42 Å². The van der Waals surface area contributed by atoms with Gasteiger partial charge in [-0.05, 0) is 55.3 Å². The lowest BCUT2D eigenvalue weighted by molar-refractivity contribution is -0.136. The smallest absolute Gasteiger partial charge is 0.412 e. The lowest BCUT2D eigenvalue weighted by atomic mass is 10.1. The maximum atomic E-state index is 12.6. The zero-order chi connectivity index (χ0) is 27.1. The average molecular weight is 529 g/mol. The number of aliphatic carboxylic acids is 1. The van der Waals surface area contributed by atoms with Gasteiger partial charge in [-0.2, -0.15) is 0 Å². The highest BCUT2D eigenvalue weighted by Gasteiger charge is 2.20. The summed E-state index contributed by atoms with van der Waals surface area (Å²) in [5, 5.41) is 16.2. The van der Waals surface area contributed by atoms with Crippen LogP contribution in [0.2, 0.25) is 5.02 Å². The first-order valence-electron chi connectivity index (χ1n) is 11.9. The second kappa shape index (κ2) is 12.1. The third kappa shape index (κ3) is 6.81. The molecular formula is C30H25ClN2O5. The number of anilines is 1. The Kier molecular flexibility index (Phi) is 8.47. The standard InChI is InChI=1S/C30H25ClN2O5/c1-19-28(32-30(36)37-20(2)25-11-3-4-12-26(25)31)29(38-33-19)24-15-13-21(14-16-24)7-5-8-22-9-6-10-23(17-22)18-27(34)35/h3-4,6,9-17,20H,8,18H2,1-2H3,(H,32,36)(H,34,35). The number of carboxylic acids is 1. The molecule has 0 spiro atoms. The van der Waals surface area contributed by atoms with Crippen LogP contribution in [0.1, 0.15) is 41.0 Å². The Morgan fingerprint density at radius 1 is 1.08 bits per heavy atom. The van der Waals surface area contributed by atoms with Crippen molar-refractivity contribution in [2.45, 2.75) is 32.8 Å². The maximum absolute atomic E-state index is 12.6. The van der Waals surface area contributed by atoms with Gasteiger partial charge in [-0.3, -0.25) is 10.1 Å². The zero-order valence-corrected chi connectivity index (χ0v) is 21.6. The van der Waals surface area contributed by atoms with Crippen LogP contribution in [-0.4, -0.2) is 22.3 Å². The number of ether oxygens (including phenoxy) is 1. The molecule has 4 aromatic rings. The van der Waals surface area contributed by atoms with E-state index in [0.717, 1.165) is 16.7 Å². The Labute approximate surface area is 225 Å². The second-order valence-electron chi connectivity index (χ2n) is 8.61. The van der Waals surface area contributed by atoms with Crippen LogP contribution in [0.15, 0.2) is 77.3 Å². The first-order valence-corrected chi connectivity index (χ1v) is 12.2. The summed E-state index contributed by atoms with van der Waals surface area (Å²) in [5.74, 6) is 5.77. The number of carbonyl (C=O) groups is 2. The van der Waals surface area contributed by atoms with Gasteiger partial charge in [0.1, 0.15) is 17.5 Å². The summed E-state index contributed by atoms with van der Waals surface area (Å²) in [4.78, 5) is 23.5. The van der Waals surface area contributed by atoms with Crippen LogP contribution in [0.5, 0.6) is 0 Å². The van der Waals surface area contributed by atoms with Gasteiger partial charge >= 0.3 is 12.1 Å². The Hall–Kier alpha value is -4.54. The van der Waals surface area contributed by atoms with E-state index in [9.17, 15) is 9.59 Å². The molecule has 7 nitrogen and oxygen atoms in total. The van der Waals surface area contributed by atoms with Crippen molar-refractivity contribution in [3.8, 4) is 23.2 Å². The number of rotatable bonds is 7. The highest BCUT2D eigenvalue weighted by atomic mass is 35.5. The number of nitrogens with zero attached hydrogens (tertiary/aromatic N) is 1. The predicted octanol–water partition coefficient (Wildman–Crippen LogP) is 6.83. The van der Waals surface area contributed by atoms with Crippen molar-refractivity contribution in [2.24, 2.45) is 0 Å². The largest absolute Gasteiger partial charge is 0.481 e. The Morgan fingerprint density at radius 3 is 2.55 bits per heavy atom. The van der Waals surface area contributed by atoms with Crippen molar-refractivity contribution in [2.75, 3.05) is 5.32 Å². The number of halogens is 1. The van der Waals surface area contributed by atoms with E-state index >= 15 is 0 Å². The molecule has 0 saturated carbocycles. The molecule has 0 bridgehead atoms. The van der Waals surface area contributed by atoms with E-state index < -0.39 is 18.2 Å². The van der Waals surface area contributed by atoms with Crippen molar-refractivity contribution in [3.63, 3.8) is 0 Å². The number of hydrogen-bond donors (Lipinski definition) is 2. The highest BCUT2D eigenvalue weighted by molar-refractivity contribution is 6.31. The highest BCUT2D eigenvalue weighted by Crippen LogP contribution is 2.32. The molecule has 2 N–H and O–H groups in total. The van der Waals surface area contributed by atoms with Crippen LogP contribution < -0.4 is 5.32 Å². The van der Waals surface area contributed by atoms with E-state index in [1.165, 1.54) is 0 Å². The molecule has 1 amide bonds. The number of aryl methyl sites for hydroxylation is 1. The van der Waals surface area contributed by atoms with E-state index in [0.29, 0.717) is 39.7 Å². The summed E-state index contributed by atoms with van der Waals surface area (Å²) < 4.78 is 11.0. The average Bonchev–Trinajstić information content (AvgIpc) is 3.24. The van der Waals surface area contributed by atoms with Gasteiger partial charge in [-0.15, -0.1) is 0 Å². The number of hydrogen-bond acceptors (Lipinski definition) is 5. The first-order chi connectivity index (χ1) is 18.3. The lowest BCUT2D eigenvalue weighted by Crippen LogP contribution is -2.17. The predicted molar refractivity (Wildman–Crippen MR) is 145 cm³/mol. The quantitative estimate of drug-likeness (QED) is 0.255. The molecule has 0 aliphatic rings. The van der Waals surface area contributed by atoms with Crippen molar-refractivity contribution in [1.29, 1.82) is 0 Å². The van der Waals surface area contributed by atoms with E-state index in [1.54, 1.807) is 32.0 Å². The molecule has 0 aliphatic carbocycles. The van der Waals surface area contributed by atoms with Gasteiger partial charge in [0.05, 0.1) is 6.42 Å². The molecule has 1 aromatic heterocycles. The molecule has 1 unspecified atom stereocenters. The summed E-state index contributed by atoms with van der Waals surface area (Å²) >= 11 is 6.21. The summed E-state index contributed by atoms with van der Waals surface area (Å²) in [7, 11) is 0. The van der Waals surface area contributed by atoms with Crippen LogP contribution >= 0.6 is 11.6 Å². The van der Waals surface area contributed by atoms with Gasteiger partial charge in [-0.1, -0.05) is 71.1 Å². The van der Waals surface area contributed by atoms with E-state index in [1.807, 2.05) is 54.6 Å². The van der Waals surface area contributed by atoms with Gasteiger partial charge in [0.2, 0.25) is 0 Å². The maximum Gasteiger partial charge on any atom is 0.412 e. The van der Waals surface area contributed by atoms with Crippen LogP contribution in [0.3, 0.4) is 0 Å². The van der Waals surface area contributed by atoms with E-state index in [2.05, 4.69) is 22.3 Å². The molecule has 1 heterocycles. The van der Waals surface area contributed by atoms with Gasteiger partial charge in [0, 0.05) is 28.1 Å². The Morgan fingerprint density at radius 2 is 1.82 bits per heavy atom. The molecule has 0 radical (unpaired) electrons. The molecule has 38 heavy (non-hydrogen) atoms. The van der Waals surface area contributed by atoms with Crippen LogP contribution in [0.4, 0.5) is 10.5 Å². The number of aromatic nitrogens is 1. The number of carbonyl (C=O) groups excluding carboxylic acids is 1. The molecule has 0 aliphatic heterocycles. The first kappa shape index (κ1) is 26.5. The summed E-state index contributed by atoms with van der Waals surface area (Å²) in [5.41, 5.74) is 4.85. The van der Waals surface area contributed by atoms with Crippen molar-refractivity contribution in [3.05, 3.63) is 106 Å². The minimum Gasteiger partial charge on any atom is -0.481 e. The third-order valence-corrected chi connectivity index (χ3v) is 6.08. The van der Waals surface area contributed by atoms with Gasteiger partial charge in [0.15, 0.2) is 5.76 Å². The molecule has 4 rings (SSSR count). The monoisotopic (exact) mass is 528 g/mol. The number of carboxylic acid groups (broad SMARTS) is 1. The van der Waals surface area contributed by atoms with Crippen molar-refractivity contribution in [1.82, 2.24) is 5.16 Å². The van der Waals surface area contributed by atoms with Crippen LogP contribution in [0.25, 0.3) is 11.3 Å². The molecule has 3 aromatic carbocycles. The minimum absolute atomic E-state index is 0.0151. The summed E-state index contributed by atoms with van der Waals surface area (Å²) in [6, 6.07) is 21.9. The van der Waals surface area contributed by atoms with Crippen molar-refractivity contribution < 1.29 is 24.0 Å². The van der Waals surface area contributed by atoms with Gasteiger partial charge in [0.25, 0.3) is 0 Å². The molecule has 0 saturated heterocycles. The minimum atomic E-state index is -0.864. The molecule has 8 heteroatoms. The fraction of sp³-hybridized carbons (Fsp3) is 0.167.